The number of carbonyl (C=O) groups is 2. The van der Waals surface area contributed by atoms with Crippen LogP contribution in [0.2, 0.25) is 0 Å². The SMILES string of the molecule is CN(Cc1ccc(C(F)(F)F)cc1)C(=O)c1ccc(NC(=O)NC2CC2)cc1. The molecule has 0 bridgehead atoms. The number of nitrogens with zero attached hydrogens (tertiary/aromatic N) is 1. The van der Waals surface area contributed by atoms with Crippen molar-refractivity contribution in [2.75, 3.05) is 12.4 Å². The highest BCUT2D eigenvalue weighted by Crippen LogP contribution is 2.29. The Morgan fingerprint density at radius 1 is 1.04 bits per heavy atom. The molecule has 2 N–H and O–H groups in total. The Bertz CT molecular complexity index is 844. The lowest BCUT2D eigenvalue weighted by Crippen LogP contribution is -2.30. The number of alkyl halides is 3. The molecule has 2 aromatic rings. The Hall–Kier alpha value is -3.03. The number of anilines is 1. The number of rotatable bonds is 5. The summed E-state index contributed by atoms with van der Waals surface area (Å²) in [6, 6.07) is 11.1. The first-order valence-electron chi connectivity index (χ1n) is 8.81. The normalized spacial score (nSPS) is 13.7. The minimum Gasteiger partial charge on any atom is -0.337 e. The van der Waals surface area contributed by atoms with Crippen molar-refractivity contribution < 1.29 is 22.8 Å². The smallest absolute Gasteiger partial charge is 0.337 e. The summed E-state index contributed by atoms with van der Waals surface area (Å²) in [6.45, 7) is 0.181. The Morgan fingerprint density at radius 2 is 1.64 bits per heavy atom. The largest absolute Gasteiger partial charge is 0.416 e. The van der Waals surface area contributed by atoms with Gasteiger partial charge in [-0.1, -0.05) is 12.1 Å². The zero-order valence-electron chi connectivity index (χ0n) is 15.2. The van der Waals surface area contributed by atoms with E-state index in [-0.39, 0.29) is 24.5 Å². The van der Waals surface area contributed by atoms with Gasteiger partial charge in [0.05, 0.1) is 5.56 Å². The van der Waals surface area contributed by atoms with E-state index >= 15 is 0 Å². The molecule has 5 nitrogen and oxygen atoms in total. The van der Waals surface area contributed by atoms with Crippen LogP contribution < -0.4 is 10.6 Å². The zero-order chi connectivity index (χ0) is 20.3. The van der Waals surface area contributed by atoms with Gasteiger partial charge in [0.15, 0.2) is 0 Å². The first-order valence-corrected chi connectivity index (χ1v) is 8.81. The van der Waals surface area contributed by atoms with E-state index in [0.29, 0.717) is 16.8 Å². The van der Waals surface area contributed by atoms with E-state index in [1.165, 1.54) is 17.0 Å². The lowest BCUT2D eigenvalue weighted by Gasteiger charge is -2.18. The van der Waals surface area contributed by atoms with Crippen molar-refractivity contribution >= 4 is 17.6 Å². The van der Waals surface area contributed by atoms with Gasteiger partial charge in [-0.15, -0.1) is 0 Å². The summed E-state index contributed by atoms with van der Waals surface area (Å²) in [5.74, 6) is -0.270. The molecule has 1 fully saturated rings. The molecule has 8 heteroatoms. The molecule has 0 unspecified atom stereocenters. The van der Waals surface area contributed by atoms with Gasteiger partial charge in [0.2, 0.25) is 0 Å². The topological polar surface area (TPSA) is 61.4 Å². The summed E-state index contributed by atoms with van der Waals surface area (Å²) in [5.41, 5.74) is 0.862. The highest BCUT2D eigenvalue weighted by molar-refractivity contribution is 5.95. The van der Waals surface area contributed by atoms with Crippen LogP contribution >= 0.6 is 0 Å². The third-order valence-electron chi connectivity index (χ3n) is 4.35. The Balaban J connectivity index is 1.57. The second kappa shape index (κ2) is 7.92. The van der Waals surface area contributed by atoms with E-state index < -0.39 is 11.7 Å². The Labute approximate surface area is 160 Å². The summed E-state index contributed by atoms with van der Waals surface area (Å²) < 4.78 is 37.8. The summed E-state index contributed by atoms with van der Waals surface area (Å²) in [7, 11) is 1.58. The molecule has 0 atom stereocenters. The number of halogens is 3. The average Bonchev–Trinajstić information content (AvgIpc) is 3.45. The minimum absolute atomic E-state index is 0.181. The van der Waals surface area contributed by atoms with Crippen molar-refractivity contribution in [1.29, 1.82) is 0 Å². The number of nitrogens with one attached hydrogen (secondary N) is 2. The van der Waals surface area contributed by atoms with Crippen LogP contribution in [0.1, 0.15) is 34.3 Å². The van der Waals surface area contributed by atoms with Crippen LogP contribution in [0.5, 0.6) is 0 Å². The van der Waals surface area contributed by atoms with Crippen molar-refractivity contribution in [3.8, 4) is 0 Å². The molecule has 0 spiro atoms. The molecule has 2 aromatic carbocycles. The maximum atomic E-state index is 12.6. The van der Waals surface area contributed by atoms with Crippen LogP contribution in [0.15, 0.2) is 48.5 Å². The standard InChI is InChI=1S/C20H20F3N3O2/c1-26(12-13-2-6-15(7-3-13)20(21,22)23)18(27)14-4-8-16(9-5-14)24-19(28)25-17-10-11-17/h2-9,17H,10-12H2,1H3,(H2,24,25,28). The van der Waals surface area contributed by atoms with Gasteiger partial charge in [-0.3, -0.25) is 4.79 Å². The van der Waals surface area contributed by atoms with Gasteiger partial charge in [-0.2, -0.15) is 13.2 Å². The fourth-order valence-corrected chi connectivity index (χ4v) is 2.64. The van der Waals surface area contributed by atoms with Crippen LogP contribution in [0.4, 0.5) is 23.7 Å². The molecule has 3 amide bonds. The van der Waals surface area contributed by atoms with E-state index in [2.05, 4.69) is 10.6 Å². The fraction of sp³-hybridized carbons (Fsp3) is 0.300. The lowest BCUT2D eigenvalue weighted by molar-refractivity contribution is -0.137. The molecule has 0 aromatic heterocycles. The molecule has 1 saturated carbocycles. The van der Waals surface area contributed by atoms with Gasteiger partial charge in [0, 0.05) is 30.9 Å². The molecular formula is C20H20F3N3O2. The number of carbonyl (C=O) groups excluding carboxylic acids is 2. The highest BCUT2D eigenvalue weighted by atomic mass is 19.4. The van der Waals surface area contributed by atoms with Crippen molar-refractivity contribution in [1.82, 2.24) is 10.2 Å². The number of benzene rings is 2. The van der Waals surface area contributed by atoms with Gasteiger partial charge in [0.1, 0.15) is 0 Å². The molecule has 28 heavy (non-hydrogen) atoms. The van der Waals surface area contributed by atoms with Crippen LogP contribution in [0, 0.1) is 0 Å². The minimum atomic E-state index is -4.38. The van der Waals surface area contributed by atoms with Gasteiger partial charge in [-0.05, 0) is 54.8 Å². The van der Waals surface area contributed by atoms with Crippen molar-refractivity contribution in [2.24, 2.45) is 0 Å². The quantitative estimate of drug-likeness (QED) is 0.800. The van der Waals surface area contributed by atoms with E-state index in [1.807, 2.05) is 0 Å². The van der Waals surface area contributed by atoms with Gasteiger partial charge < -0.3 is 15.5 Å². The number of urea groups is 1. The van der Waals surface area contributed by atoms with Crippen molar-refractivity contribution in [2.45, 2.75) is 31.6 Å². The number of amides is 3. The van der Waals surface area contributed by atoms with E-state index in [4.69, 9.17) is 0 Å². The maximum Gasteiger partial charge on any atom is 0.416 e. The van der Waals surface area contributed by atoms with Crippen molar-refractivity contribution in [3.05, 3.63) is 65.2 Å². The molecular weight excluding hydrogens is 371 g/mol. The van der Waals surface area contributed by atoms with Crippen LogP contribution in [-0.2, 0) is 12.7 Å². The summed E-state index contributed by atoms with van der Waals surface area (Å²) in [4.78, 5) is 25.6. The van der Waals surface area contributed by atoms with Crippen LogP contribution in [0.3, 0.4) is 0 Å². The summed E-state index contributed by atoms with van der Waals surface area (Å²) in [5, 5.41) is 5.50. The molecule has 3 rings (SSSR count). The first kappa shape index (κ1) is 19.7. The predicted molar refractivity (Wildman–Crippen MR) is 98.9 cm³/mol. The van der Waals surface area contributed by atoms with Gasteiger partial charge in [0.25, 0.3) is 5.91 Å². The molecule has 1 aliphatic carbocycles. The van der Waals surface area contributed by atoms with E-state index in [0.717, 1.165) is 25.0 Å². The van der Waals surface area contributed by atoms with Gasteiger partial charge in [-0.25, -0.2) is 4.79 Å². The second-order valence-electron chi connectivity index (χ2n) is 6.81. The monoisotopic (exact) mass is 391 g/mol. The number of hydrogen-bond acceptors (Lipinski definition) is 2. The van der Waals surface area contributed by atoms with Crippen LogP contribution in [0.25, 0.3) is 0 Å². The Kier molecular flexibility index (Phi) is 5.58. The molecule has 0 radical (unpaired) electrons. The van der Waals surface area contributed by atoms with Crippen LogP contribution in [-0.4, -0.2) is 29.9 Å². The maximum absolute atomic E-state index is 12.6. The highest BCUT2D eigenvalue weighted by Gasteiger charge is 2.30. The van der Waals surface area contributed by atoms with E-state index in [9.17, 15) is 22.8 Å². The summed E-state index contributed by atoms with van der Waals surface area (Å²) >= 11 is 0. The predicted octanol–water partition coefficient (Wildman–Crippen LogP) is 4.26. The fourth-order valence-electron chi connectivity index (χ4n) is 2.64. The van der Waals surface area contributed by atoms with Crippen molar-refractivity contribution in [3.63, 3.8) is 0 Å². The molecule has 1 aliphatic rings. The van der Waals surface area contributed by atoms with E-state index in [1.54, 1.807) is 31.3 Å². The average molecular weight is 391 g/mol. The molecule has 0 heterocycles. The molecule has 0 aliphatic heterocycles. The Morgan fingerprint density at radius 3 is 2.18 bits per heavy atom. The number of hydrogen-bond donors (Lipinski definition) is 2. The molecule has 0 saturated heterocycles. The first-order chi connectivity index (χ1) is 13.2. The molecule has 148 valence electrons. The third-order valence-corrected chi connectivity index (χ3v) is 4.35. The second-order valence-corrected chi connectivity index (χ2v) is 6.81. The summed E-state index contributed by atoms with van der Waals surface area (Å²) in [6.07, 6.45) is -2.40. The zero-order valence-corrected chi connectivity index (χ0v) is 15.2. The lowest BCUT2D eigenvalue weighted by atomic mass is 10.1. The third kappa shape index (κ3) is 5.25. The van der Waals surface area contributed by atoms with Gasteiger partial charge >= 0.3 is 12.2 Å².